The fourth-order valence-electron chi connectivity index (χ4n) is 3.09. The average Bonchev–Trinajstić information content (AvgIpc) is 3.15. The molecule has 1 N–H and O–H groups in total. The zero-order valence-corrected chi connectivity index (χ0v) is 14.1. The lowest BCUT2D eigenvalue weighted by Gasteiger charge is -2.29. The van der Waals surface area contributed by atoms with Crippen LogP contribution in [-0.2, 0) is 11.3 Å². The zero-order valence-electron chi connectivity index (χ0n) is 14.1. The molecule has 0 radical (unpaired) electrons. The van der Waals surface area contributed by atoms with Crippen molar-refractivity contribution in [2.75, 3.05) is 31.6 Å². The molecule has 0 unspecified atom stereocenters. The van der Waals surface area contributed by atoms with Gasteiger partial charge in [0.25, 0.3) is 0 Å². The molecule has 0 aromatic carbocycles. The van der Waals surface area contributed by atoms with Gasteiger partial charge < -0.3 is 19.5 Å². The first-order chi connectivity index (χ1) is 11.5. The van der Waals surface area contributed by atoms with Crippen LogP contribution in [0.4, 0.5) is 5.82 Å². The van der Waals surface area contributed by atoms with Crippen LogP contribution in [-0.4, -0.2) is 62.7 Å². The number of amides is 1. The van der Waals surface area contributed by atoms with Crippen molar-refractivity contribution in [3.8, 4) is 0 Å². The number of hydrogen-bond donors (Lipinski definition) is 1. The number of β-amino-alcohol motifs (C(OH)–C–C–N with tert-alkyl or cyclic N) is 1. The number of aliphatic hydroxyl groups is 1. The van der Waals surface area contributed by atoms with Gasteiger partial charge in [-0.15, -0.1) is 0 Å². The zero-order chi connectivity index (χ0) is 17.2. The lowest BCUT2D eigenvalue weighted by atomic mass is 10.0. The maximum Gasteiger partial charge on any atom is 0.242 e. The van der Waals surface area contributed by atoms with Gasteiger partial charge in [-0.3, -0.25) is 4.79 Å². The fraction of sp³-hybridized carbons (Fsp3) is 0.471. The molecule has 1 atom stereocenters. The molecule has 128 valence electrons. The number of anilines is 1. The number of carbonyl (C=O) groups excluding carboxylic acids is 1. The monoisotopic (exact) mass is 329 g/mol. The van der Waals surface area contributed by atoms with Crippen LogP contribution in [0.1, 0.15) is 12.2 Å². The third-order valence-electron chi connectivity index (χ3n) is 4.49. The molecule has 24 heavy (non-hydrogen) atoms. The second-order valence-corrected chi connectivity index (χ2v) is 6.44. The number of hydrogen-bond acceptors (Lipinski definition) is 5. The maximum absolute atomic E-state index is 12.4. The summed E-state index contributed by atoms with van der Waals surface area (Å²) in [5.74, 6) is 1.62. The Morgan fingerprint density at radius 2 is 2.21 bits per heavy atom. The summed E-state index contributed by atoms with van der Waals surface area (Å²) in [5, 5.41) is 10.8. The number of pyridine rings is 1. The quantitative estimate of drug-likeness (QED) is 0.873. The standard InChI is InChI=1S/C17H23N5O2/c1-14-18-8-10-21(14)11-16(23)20(2)12-17(24)6-9-22(13-17)15-5-3-4-7-19-15/h3-5,7-8,10,24H,6,9,11-13H2,1-2H3/t17-/m1/s1. The number of carbonyl (C=O) groups is 1. The number of rotatable bonds is 5. The van der Waals surface area contributed by atoms with E-state index in [1.165, 1.54) is 0 Å². The molecular formula is C17H23N5O2. The van der Waals surface area contributed by atoms with E-state index in [-0.39, 0.29) is 12.5 Å². The first kappa shape index (κ1) is 16.4. The van der Waals surface area contributed by atoms with Crippen LogP contribution in [0.2, 0.25) is 0 Å². The van der Waals surface area contributed by atoms with Gasteiger partial charge in [0.05, 0.1) is 6.54 Å². The SMILES string of the molecule is Cc1nccn1CC(=O)N(C)C[C@]1(O)CCN(c2ccccn2)C1. The van der Waals surface area contributed by atoms with E-state index in [4.69, 9.17) is 0 Å². The summed E-state index contributed by atoms with van der Waals surface area (Å²) >= 11 is 0. The molecule has 2 aromatic rings. The molecule has 1 aliphatic rings. The van der Waals surface area contributed by atoms with Gasteiger partial charge in [0, 0.05) is 38.7 Å². The molecule has 0 aliphatic carbocycles. The Hall–Kier alpha value is -2.41. The third kappa shape index (κ3) is 3.56. The first-order valence-corrected chi connectivity index (χ1v) is 8.07. The highest BCUT2D eigenvalue weighted by molar-refractivity contribution is 5.75. The van der Waals surface area contributed by atoms with Crippen molar-refractivity contribution >= 4 is 11.7 Å². The highest BCUT2D eigenvalue weighted by Crippen LogP contribution is 2.26. The Bertz CT molecular complexity index is 702. The highest BCUT2D eigenvalue weighted by atomic mass is 16.3. The number of aryl methyl sites for hydroxylation is 1. The molecule has 1 saturated heterocycles. The van der Waals surface area contributed by atoms with Crippen molar-refractivity contribution < 1.29 is 9.90 Å². The van der Waals surface area contributed by atoms with Crippen LogP contribution >= 0.6 is 0 Å². The number of likely N-dealkylation sites (N-methyl/N-ethyl adjacent to an activating group) is 1. The lowest BCUT2D eigenvalue weighted by Crippen LogP contribution is -2.46. The van der Waals surface area contributed by atoms with E-state index < -0.39 is 5.60 Å². The predicted octanol–water partition coefficient (Wildman–Crippen LogP) is 0.686. The molecule has 1 aliphatic heterocycles. The molecule has 3 heterocycles. The minimum atomic E-state index is -0.911. The van der Waals surface area contributed by atoms with Crippen LogP contribution in [0, 0.1) is 6.92 Å². The molecule has 7 nitrogen and oxygen atoms in total. The summed E-state index contributed by atoms with van der Waals surface area (Å²) in [6.45, 7) is 3.62. The Morgan fingerprint density at radius 3 is 2.88 bits per heavy atom. The summed E-state index contributed by atoms with van der Waals surface area (Å²) in [6.07, 6.45) is 5.83. The van der Waals surface area contributed by atoms with Gasteiger partial charge >= 0.3 is 0 Å². The lowest BCUT2D eigenvalue weighted by molar-refractivity contribution is -0.133. The minimum Gasteiger partial charge on any atom is -0.386 e. The average molecular weight is 329 g/mol. The van der Waals surface area contributed by atoms with E-state index in [0.717, 1.165) is 18.2 Å². The maximum atomic E-state index is 12.4. The Morgan fingerprint density at radius 1 is 1.38 bits per heavy atom. The van der Waals surface area contributed by atoms with Crippen molar-refractivity contribution in [2.45, 2.75) is 25.5 Å². The summed E-state index contributed by atoms with van der Waals surface area (Å²) in [5.41, 5.74) is -0.911. The van der Waals surface area contributed by atoms with Crippen molar-refractivity contribution in [1.29, 1.82) is 0 Å². The van der Waals surface area contributed by atoms with Crippen LogP contribution < -0.4 is 4.90 Å². The normalized spacial score (nSPS) is 20.4. The molecule has 0 saturated carbocycles. The summed E-state index contributed by atoms with van der Waals surface area (Å²) in [6, 6.07) is 5.74. The van der Waals surface area contributed by atoms with Crippen LogP contribution in [0.25, 0.3) is 0 Å². The Kier molecular flexibility index (Phi) is 4.53. The van der Waals surface area contributed by atoms with Crippen molar-refractivity contribution in [1.82, 2.24) is 19.4 Å². The molecular weight excluding hydrogens is 306 g/mol. The molecule has 7 heteroatoms. The van der Waals surface area contributed by atoms with Crippen LogP contribution in [0.3, 0.4) is 0 Å². The first-order valence-electron chi connectivity index (χ1n) is 8.07. The minimum absolute atomic E-state index is 0.0409. The molecule has 3 rings (SSSR count). The van der Waals surface area contributed by atoms with Crippen molar-refractivity contribution in [3.05, 3.63) is 42.6 Å². The number of nitrogens with zero attached hydrogens (tertiary/aromatic N) is 5. The molecule has 1 amide bonds. The molecule has 0 bridgehead atoms. The summed E-state index contributed by atoms with van der Waals surface area (Å²) < 4.78 is 1.80. The second kappa shape index (κ2) is 6.60. The van der Waals surface area contributed by atoms with Gasteiger partial charge in [-0.05, 0) is 25.5 Å². The van der Waals surface area contributed by atoms with E-state index in [2.05, 4.69) is 14.9 Å². The third-order valence-corrected chi connectivity index (χ3v) is 4.49. The van der Waals surface area contributed by atoms with Gasteiger partial charge in [-0.1, -0.05) is 6.07 Å². The summed E-state index contributed by atoms with van der Waals surface area (Å²) in [7, 11) is 1.73. The number of imidazole rings is 1. The van der Waals surface area contributed by atoms with E-state index in [1.807, 2.05) is 25.1 Å². The van der Waals surface area contributed by atoms with E-state index >= 15 is 0 Å². The highest BCUT2D eigenvalue weighted by Gasteiger charge is 2.38. The summed E-state index contributed by atoms with van der Waals surface area (Å²) in [4.78, 5) is 24.5. The Balaban J connectivity index is 1.59. The van der Waals surface area contributed by atoms with Gasteiger partial charge in [-0.25, -0.2) is 9.97 Å². The largest absolute Gasteiger partial charge is 0.386 e. The molecule has 1 fully saturated rings. The smallest absolute Gasteiger partial charge is 0.242 e. The molecule has 0 spiro atoms. The second-order valence-electron chi connectivity index (χ2n) is 6.44. The van der Waals surface area contributed by atoms with Crippen LogP contribution in [0.15, 0.2) is 36.8 Å². The fourth-order valence-corrected chi connectivity index (χ4v) is 3.09. The number of aromatic nitrogens is 3. The van der Waals surface area contributed by atoms with Gasteiger partial charge in [0.15, 0.2) is 0 Å². The van der Waals surface area contributed by atoms with E-state index in [9.17, 15) is 9.90 Å². The van der Waals surface area contributed by atoms with E-state index in [0.29, 0.717) is 19.5 Å². The van der Waals surface area contributed by atoms with Gasteiger partial charge in [0.1, 0.15) is 23.8 Å². The molecule has 2 aromatic heterocycles. The van der Waals surface area contributed by atoms with Crippen molar-refractivity contribution in [2.24, 2.45) is 0 Å². The van der Waals surface area contributed by atoms with Gasteiger partial charge in [0.2, 0.25) is 5.91 Å². The van der Waals surface area contributed by atoms with Crippen LogP contribution in [0.5, 0.6) is 0 Å². The van der Waals surface area contributed by atoms with Gasteiger partial charge in [-0.2, -0.15) is 0 Å². The van der Waals surface area contributed by atoms with E-state index in [1.54, 1.807) is 35.1 Å². The van der Waals surface area contributed by atoms with Crippen molar-refractivity contribution in [3.63, 3.8) is 0 Å². The predicted molar refractivity (Wildman–Crippen MR) is 90.6 cm³/mol. The Labute approximate surface area is 141 Å². The topological polar surface area (TPSA) is 74.5 Å².